The number of carbonyl (C=O) groups is 1. The Morgan fingerprint density at radius 1 is 1.12 bits per heavy atom. The molecule has 1 amide bonds. The molecule has 0 aliphatic carbocycles. The average Bonchev–Trinajstić information content (AvgIpc) is 3.12. The maximum atomic E-state index is 11.9. The van der Waals surface area contributed by atoms with Crippen molar-refractivity contribution in [1.29, 1.82) is 0 Å². The minimum atomic E-state index is -0.304. The summed E-state index contributed by atoms with van der Waals surface area (Å²) in [6.07, 6.45) is 2.46. The average molecular weight is 352 g/mol. The van der Waals surface area contributed by atoms with Crippen molar-refractivity contribution in [2.45, 2.75) is 44.2 Å². The Bertz CT molecular complexity index is 636. The number of rotatable bonds is 7. The number of hydrogen-bond acceptors (Lipinski definition) is 3. The third-order valence-corrected chi connectivity index (χ3v) is 4.92. The summed E-state index contributed by atoms with van der Waals surface area (Å²) < 4.78 is 5.60. The Morgan fingerprint density at radius 2 is 1.73 bits per heavy atom. The van der Waals surface area contributed by atoms with Crippen molar-refractivity contribution in [3.63, 3.8) is 0 Å². The zero-order chi connectivity index (χ0) is 18.2. The lowest BCUT2D eigenvalue weighted by molar-refractivity contribution is 0.106. The van der Waals surface area contributed by atoms with Gasteiger partial charge < -0.3 is 15.4 Å². The van der Waals surface area contributed by atoms with Crippen molar-refractivity contribution in [3.05, 3.63) is 71.8 Å². The van der Waals surface area contributed by atoms with Crippen molar-refractivity contribution < 1.29 is 9.53 Å². The molecular weight excluding hydrogens is 324 g/mol. The number of nitrogens with one attached hydrogen (secondary N) is 2. The molecule has 3 rings (SSSR count). The highest BCUT2D eigenvalue weighted by Crippen LogP contribution is 2.32. The molecule has 1 fully saturated rings. The van der Waals surface area contributed by atoms with Gasteiger partial charge in [-0.2, -0.15) is 0 Å². The van der Waals surface area contributed by atoms with Gasteiger partial charge in [-0.15, -0.1) is 0 Å². The van der Waals surface area contributed by atoms with Gasteiger partial charge in [-0.1, -0.05) is 74.0 Å². The Labute approximate surface area is 156 Å². The summed E-state index contributed by atoms with van der Waals surface area (Å²) in [7, 11) is 0. The van der Waals surface area contributed by atoms with Gasteiger partial charge in [0, 0.05) is 31.5 Å². The van der Waals surface area contributed by atoms with Crippen molar-refractivity contribution in [2.75, 3.05) is 13.1 Å². The van der Waals surface area contributed by atoms with Crippen LogP contribution in [-0.4, -0.2) is 31.3 Å². The molecule has 1 aliphatic heterocycles. The first-order chi connectivity index (χ1) is 12.8. The van der Waals surface area contributed by atoms with Gasteiger partial charge in [0.15, 0.2) is 0 Å². The third kappa shape index (κ3) is 4.85. The molecule has 1 heterocycles. The molecule has 0 spiro atoms. The zero-order valence-electron chi connectivity index (χ0n) is 15.4. The highest BCUT2D eigenvalue weighted by atomic mass is 16.6. The van der Waals surface area contributed by atoms with Gasteiger partial charge in [-0.25, -0.2) is 4.79 Å². The van der Waals surface area contributed by atoms with Crippen LogP contribution in [0.25, 0.3) is 0 Å². The summed E-state index contributed by atoms with van der Waals surface area (Å²) >= 11 is 0. The van der Waals surface area contributed by atoms with Crippen LogP contribution >= 0.6 is 0 Å². The maximum Gasteiger partial charge on any atom is 0.407 e. The third-order valence-electron chi connectivity index (χ3n) is 4.92. The van der Waals surface area contributed by atoms with E-state index in [4.69, 9.17) is 4.74 Å². The van der Waals surface area contributed by atoms with Gasteiger partial charge in [0.25, 0.3) is 0 Å². The van der Waals surface area contributed by atoms with E-state index in [2.05, 4.69) is 66.1 Å². The lowest BCUT2D eigenvalue weighted by atomic mass is 9.84. The minimum absolute atomic E-state index is 0.0865. The summed E-state index contributed by atoms with van der Waals surface area (Å²) in [6, 6.07) is 21.3. The molecule has 2 aromatic rings. The van der Waals surface area contributed by atoms with E-state index in [1.54, 1.807) is 0 Å². The van der Waals surface area contributed by atoms with Crippen molar-refractivity contribution in [1.82, 2.24) is 10.6 Å². The largest absolute Gasteiger partial charge is 0.445 e. The topological polar surface area (TPSA) is 50.4 Å². The molecular formula is C22H28N2O2. The molecule has 2 aromatic carbocycles. The highest BCUT2D eigenvalue weighted by Gasteiger charge is 2.34. The molecule has 1 aliphatic rings. The van der Waals surface area contributed by atoms with Gasteiger partial charge in [0.05, 0.1) is 0 Å². The van der Waals surface area contributed by atoms with E-state index in [9.17, 15) is 4.79 Å². The number of amides is 1. The second-order valence-electron chi connectivity index (χ2n) is 6.86. The number of benzene rings is 2. The van der Waals surface area contributed by atoms with Crippen LogP contribution in [0.2, 0.25) is 0 Å². The quantitative estimate of drug-likeness (QED) is 0.739. The number of unbranched alkanes of at least 4 members (excludes halogenated alkanes) is 1. The SMILES string of the molecule is CCCCNC(=O)O[C@@H]1CN[C@H](C(c2ccccc2)c2ccccc2)C1. The molecule has 1 saturated heterocycles. The second kappa shape index (κ2) is 9.39. The van der Waals surface area contributed by atoms with E-state index in [-0.39, 0.29) is 24.2 Å². The van der Waals surface area contributed by atoms with Gasteiger partial charge in [0.1, 0.15) is 6.10 Å². The van der Waals surface area contributed by atoms with Gasteiger partial charge in [0.2, 0.25) is 0 Å². The van der Waals surface area contributed by atoms with Crippen LogP contribution < -0.4 is 10.6 Å². The first kappa shape index (κ1) is 18.5. The van der Waals surface area contributed by atoms with Crippen LogP contribution in [0.1, 0.15) is 43.2 Å². The summed E-state index contributed by atoms with van der Waals surface area (Å²) in [5.41, 5.74) is 2.56. The molecule has 0 radical (unpaired) electrons. The number of alkyl carbamates (subject to hydrolysis) is 1. The molecule has 26 heavy (non-hydrogen) atoms. The normalized spacial score (nSPS) is 19.5. The Kier molecular flexibility index (Phi) is 6.67. The number of carbonyl (C=O) groups excluding carboxylic acids is 1. The summed E-state index contributed by atoms with van der Waals surface area (Å²) in [5.74, 6) is 0.245. The molecule has 2 N–H and O–H groups in total. The van der Waals surface area contributed by atoms with E-state index in [1.807, 2.05) is 12.1 Å². The Morgan fingerprint density at radius 3 is 2.31 bits per heavy atom. The predicted octanol–water partition coefficient (Wildman–Crippen LogP) is 4.08. The van der Waals surface area contributed by atoms with Gasteiger partial charge in [-0.3, -0.25) is 0 Å². The van der Waals surface area contributed by atoms with Crippen molar-refractivity contribution in [2.24, 2.45) is 0 Å². The van der Waals surface area contributed by atoms with Crippen LogP contribution in [0.3, 0.4) is 0 Å². The molecule has 138 valence electrons. The summed E-state index contributed by atoms with van der Waals surface area (Å²) in [4.78, 5) is 11.9. The van der Waals surface area contributed by atoms with Gasteiger partial charge in [-0.05, 0) is 17.5 Å². The standard InChI is InChI=1S/C22H28N2O2/c1-2-3-14-23-22(25)26-19-15-20(24-16-19)21(17-10-6-4-7-11-17)18-12-8-5-9-13-18/h4-13,19-21,24H,2-3,14-16H2,1H3,(H,23,25)/t19-,20-/m0/s1. The summed E-state index contributed by atoms with van der Waals surface area (Å²) in [5, 5.41) is 6.40. The molecule has 2 atom stereocenters. The number of ether oxygens (including phenoxy) is 1. The van der Waals surface area contributed by atoms with Crippen LogP contribution in [0.15, 0.2) is 60.7 Å². The van der Waals surface area contributed by atoms with Crippen molar-refractivity contribution >= 4 is 6.09 Å². The van der Waals surface area contributed by atoms with Gasteiger partial charge >= 0.3 is 6.09 Å². The fourth-order valence-electron chi connectivity index (χ4n) is 3.61. The van der Waals surface area contributed by atoms with Crippen LogP contribution in [0.4, 0.5) is 4.79 Å². The molecule has 4 nitrogen and oxygen atoms in total. The Hall–Kier alpha value is -2.33. The second-order valence-corrected chi connectivity index (χ2v) is 6.86. The predicted molar refractivity (Wildman–Crippen MR) is 104 cm³/mol. The van der Waals surface area contributed by atoms with Crippen LogP contribution in [0, 0.1) is 0 Å². The van der Waals surface area contributed by atoms with Crippen molar-refractivity contribution in [3.8, 4) is 0 Å². The lowest BCUT2D eigenvalue weighted by Gasteiger charge is -2.25. The monoisotopic (exact) mass is 352 g/mol. The van der Waals surface area contributed by atoms with E-state index in [0.29, 0.717) is 13.1 Å². The molecule has 4 heteroatoms. The minimum Gasteiger partial charge on any atom is -0.445 e. The number of hydrogen-bond donors (Lipinski definition) is 2. The van der Waals surface area contributed by atoms with E-state index in [1.165, 1.54) is 11.1 Å². The zero-order valence-corrected chi connectivity index (χ0v) is 15.4. The summed E-state index contributed by atoms with van der Waals surface area (Å²) in [6.45, 7) is 3.48. The molecule has 0 saturated carbocycles. The lowest BCUT2D eigenvalue weighted by Crippen LogP contribution is -2.30. The Balaban J connectivity index is 1.66. The maximum absolute atomic E-state index is 11.9. The fraction of sp³-hybridized carbons (Fsp3) is 0.409. The van der Waals surface area contributed by atoms with E-state index >= 15 is 0 Å². The first-order valence-corrected chi connectivity index (χ1v) is 9.55. The van der Waals surface area contributed by atoms with Crippen LogP contribution in [0.5, 0.6) is 0 Å². The highest BCUT2D eigenvalue weighted by molar-refractivity contribution is 5.67. The fourth-order valence-corrected chi connectivity index (χ4v) is 3.61. The first-order valence-electron chi connectivity index (χ1n) is 9.55. The van der Waals surface area contributed by atoms with E-state index in [0.717, 1.165) is 19.3 Å². The smallest absolute Gasteiger partial charge is 0.407 e. The molecule has 0 unspecified atom stereocenters. The molecule has 0 bridgehead atoms. The van der Waals surface area contributed by atoms with Crippen LogP contribution in [-0.2, 0) is 4.74 Å². The molecule has 0 aromatic heterocycles. The van der Waals surface area contributed by atoms with E-state index < -0.39 is 0 Å².